The quantitative estimate of drug-likeness (QED) is 0.278. The van der Waals surface area contributed by atoms with Gasteiger partial charge in [0.05, 0.1) is 11.6 Å². The summed E-state index contributed by atoms with van der Waals surface area (Å²) in [4.78, 5) is 46.1. The molecule has 1 aliphatic heterocycles. The summed E-state index contributed by atoms with van der Waals surface area (Å²) in [5, 5.41) is 8.19. The molecule has 0 bridgehead atoms. The first-order valence-corrected chi connectivity index (χ1v) is 14.1. The monoisotopic (exact) mass is 565 g/mol. The van der Waals surface area contributed by atoms with Gasteiger partial charge in [-0.3, -0.25) is 24.4 Å². The van der Waals surface area contributed by atoms with E-state index in [1.807, 2.05) is 107 Å². The fourth-order valence-corrected chi connectivity index (χ4v) is 5.16. The van der Waals surface area contributed by atoms with Gasteiger partial charge in [0.25, 0.3) is 0 Å². The minimum absolute atomic E-state index is 0.0328. The molecule has 3 aromatic carbocycles. The normalized spacial score (nSPS) is 15.5. The summed E-state index contributed by atoms with van der Waals surface area (Å²) < 4.78 is 5.75. The molecular formula is C33H35N5O4. The van der Waals surface area contributed by atoms with Gasteiger partial charge in [-0.2, -0.15) is 5.10 Å². The molecule has 1 atom stereocenters. The van der Waals surface area contributed by atoms with E-state index in [2.05, 4.69) is 10.2 Å². The third-order valence-corrected chi connectivity index (χ3v) is 7.07. The number of hydrogen-bond acceptors (Lipinski definition) is 5. The number of ether oxygens (including phenoxy) is 1. The van der Waals surface area contributed by atoms with Crippen molar-refractivity contribution in [2.24, 2.45) is 5.92 Å². The van der Waals surface area contributed by atoms with Crippen LogP contribution in [0.15, 0.2) is 91.3 Å². The van der Waals surface area contributed by atoms with Gasteiger partial charge in [0, 0.05) is 47.3 Å². The van der Waals surface area contributed by atoms with Gasteiger partial charge in [-0.15, -0.1) is 0 Å². The van der Waals surface area contributed by atoms with Crippen molar-refractivity contribution in [2.45, 2.75) is 46.3 Å². The van der Waals surface area contributed by atoms with Crippen LogP contribution in [0.1, 0.15) is 33.4 Å². The predicted octanol–water partition coefficient (Wildman–Crippen LogP) is 5.30. The van der Waals surface area contributed by atoms with Crippen LogP contribution < -0.4 is 14.5 Å². The van der Waals surface area contributed by atoms with E-state index >= 15 is 0 Å². The van der Waals surface area contributed by atoms with E-state index in [0.29, 0.717) is 22.8 Å². The molecule has 1 aliphatic rings. The van der Waals surface area contributed by atoms with Gasteiger partial charge in [-0.05, 0) is 70.2 Å². The van der Waals surface area contributed by atoms with Gasteiger partial charge in [-0.25, -0.2) is 0 Å². The maximum Gasteiger partial charge on any atom is 0.247 e. The molecule has 3 amide bonds. The highest BCUT2D eigenvalue weighted by Gasteiger charge is 2.38. The first-order chi connectivity index (χ1) is 20.2. The van der Waals surface area contributed by atoms with E-state index in [4.69, 9.17) is 4.74 Å². The van der Waals surface area contributed by atoms with E-state index in [1.54, 1.807) is 11.1 Å². The number of fused-ring (bicyclic) bond motifs is 1. The van der Waals surface area contributed by atoms with Crippen molar-refractivity contribution in [3.05, 3.63) is 97.0 Å². The Balaban J connectivity index is 1.45. The molecule has 0 radical (unpaired) electrons. The van der Waals surface area contributed by atoms with Crippen molar-refractivity contribution in [3.8, 4) is 5.75 Å². The number of hydrogen-bond donors (Lipinski definition) is 1. The smallest absolute Gasteiger partial charge is 0.247 e. The molecule has 0 saturated carbocycles. The molecule has 216 valence electrons. The third kappa shape index (κ3) is 6.05. The largest absolute Gasteiger partial charge is 0.491 e. The average Bonchev–Trinajstić information content (AvgIpc) is 3.34. The molecule has 2 heterocycles. The summed E-state index contributed by atoms with van der Waals surface area (Å²) in [5.41, 5.74) is 2.76. The number of H-pyrrole nitrogens is 1. The third-order valence-electron chi connectivity index (χ3n) is 7.07. The zero-order valence-electron chi connectivity index (χ0n) is 24.2. The summed E-state index contributed by atoms with van der Waals surface area (Å²) in [6.07, 6.45) is 3.23. The van der Waals surface area contributed by atoms with Crippen LogP contribution in [0, 0.1) is 5.92 Å². The first kappa shape index (κ1) is 28.6. The fourth-order valence-electron chi connectivity index (χ4n) is 5.16. The van der Waals surface area contributed by atoms with Gasteiger partial charge >= 0.3 is 0 Å². The average molecular weight is 566 g/mol. The van der Waals surface area contributed by atoms with Gasteiger partial charge < -0.3 is 14.5 Å². The van der Waals surface area contributed by atoms with Crippen LogP contribution >= 0.6 is 0 Å². The lowest BCUT2D eigenvalue weighted by molar-refractivity contribution is -0.140. The predicted molar refractivity (Wildman–Crippen MR) is 163 cm³/mol. The molecule has 1 aromatic heterocycles. The minimum Gasteiger partial charge on any atom is -0.491 e. The molecule has 1 unspecified atom stereocenters. The number of rotatable bonds is 9. The summed E-state index contributed by atoms with van der Waals surface area (Å²) in [6.45, 7) is 7.52. The van der Waals surface area contributed by atoms with Crippen LogP contribution in [0.4, 0.5) is 11.4 Å². The number of aromatic nitrogens is 2. The Morgan fingerprint density at radius 2 is 1.60 bits per heavy atom. The molecule has 9 heteroatoms. The van der Waals surface area contributed by atoms with Crippen molar-refractivity contribution >= 4 is 40.0 Å². The summed E-state index contributed by atoms with van der Waals surface area (Å²) in [6, 6.07) is 23.9. The fraction of sp³-hybridized carbons (Fsp3) is 0.273. The number of para-hydroxylation sites is 2. The van der Waals surface area contributed by atoms with Crippen LogP contribution in [0.2, 0.25) is 0 Å². The number of aromatic amines is 1. The molecule has 0 spiro atoms. The highest BCUT2D eigenvalue weighted by atomic mass is 16.5. The van der Waals surface area contributed by atoms with Crippen LogP contribution in [0.5, 0.6) is 5.75 Å². The zero-order chi connectivity index (χ0) is 29.8. The standard InChI is InChI=1S/C33H35N5O4/c1-22(2)38(25-14-16-26(17-15-25)42-23(3)4)31(39)21-36-18-19-37(24-10-6-5-7-11-24)33(41)28(32(36)40)20-30-27-12-8-9-13-29(27)34-35-30/h5-19,22-23,28H,20-21H2,1-4H3,(H,34,35). The van der Waals surface area contributed by atoms with Crippen LogP contribution in [0.3, 0.4) is 0 Å². The molecule has 0 fully saturated rings. The summed E-state index contributed by atoms with van der Waals surface area (Å²) in [5.74, 6) is -1.46. The van der Waals surface area contributed by atoms with Crippen LogP contribution in [0.25, 0.3) is 10.9 Å². The van der Waals surface area contributed by atoms with Crippen molar-refractivity contribution in [3.63, 3.8) is 0 Å². The van der Waals surface area contributed by atoms with Gasteiger partial charge in [0.1, 0.15) is 18.2 Å². The summed E-state index contributed by atoms with van der Waals surface area (Å²) >= 11 is 0. The lowest BCUT2D eigenvalue weighted by Gasteiger charge is -2.30. The van der Waals surface area contributed by atoms with Gasteiger partial charge in [0.15, 0.2) is 0 Å². The highest BCUT2D eigenvalue weighted by molar-refractivity contribution is 6.11. The molecule has 0 saturated heterocycles. The van der Waals surface area contributed by atoms with E-state index < -0.39 is 11.8 Å². The van der Waals surface area contributed by atoms with Crippen LogP contribution in [-0.2, 0) is 20.8 Å². The topological polar surface area (TPSA) is 98.8 Å². The molecule has 1 N–H and O–H groups in total. The Morgan fingerprint density at radius 1 is 0.905 bits per heavy atom. The Hall–Kier alpha value is -4.92. The molecular weight excluding hydrogens is 530 g/mol. The van der Waals surface area contributed by atoms with Crippen molar-refractivity contribution in [1.29, 1.82) is 0 Å². The first-order valence-electron chi connectivity index (χ1n) is 14.1. The van der Waals surface area contributed by atoms with Gasteiger partial charge in [-0.1, -0.05) is 36.4 Å². The van der Waals surface area contributed by atoms with Crippen molar-refractivity contribution in [1.82, 2.24) is 15.1 Å². The number of anilines is 2. The van der Waals surface area contributed by atoms with Crippen LogP contribution in [-0.4, -0.2) is 51.5 Å². The Morgan fingerprint density at radius 3 is 2.29 bits per heavy atom. The SMILES string of the molecule is CC(C)Oc1ccc(N(C(=O)CN2C=CN(c3ccccc3)C(=O)C(Cc3[nH]nc4ccccc34)C2=O)C(C)C)cc1. The number of benzene rings is 3. The lowest BCUT2D eigenvalue weighted by atomic mass is 9.98. The van der Waals surface area contributed by atoms with E-state index in [1.165, 1.54) is 16.0 Å². The highest BCUT2D eigenvalue weighted by Crippen LogP contribution is 2.27. The van der Waals surface area contributed by atoms with Crippen molar-refractivity contribution < 1.29 is 19.1 Å². The number of amides is 3. The molecule has 42 heavy (non-hydrogen) atoms. The number of carbonyl (C=O) groups is 3. The molecule has 4 aromatic rings. The second-order valence-electron chi connectivity index (χ2n) is 10.8. The maximum absolute atomic E-state index is 14.0. The molecule has 9 nitrogen and oxygen atoms in total. The summed E-state index contributed by atoms with van der Waals surface area (Å²) in [7, 11) is 0. The molecule has 0 aliphatic carbocycles. The van der Waals surface area contributed by atoms with E-state index in [-0.39, 0.29) is 36.9 Å². The molecule has 5 rings (SSSR count). The number of carbonyl (C=O) groups excluding carboxylic acids is 3. The number of nitrogens with zero attached hydrogens (tertiary/aromatic N) is 4. The Bertz CT molecular complexity index is 1590. The van der Waals surface area contributed by atoms with E-state index in [0.717, 1.165) is 10.9 Å². The zero-order valence-corrected chi connectivity index (χ0v) is 24.2. The second-order valence-corrected chi connectivity index (χ2v) is 10.8. The maximum atomic E-state index is 14.0. The second kappa shape index (κ2) is 12.3. The van der Waals surface area contributed by atoms with Gasteiger partial charge in [0.2, 0.25) is 17.7 Å². The number of nitrogens with one attached hydrogen (secondary N) is 1. The Labute approximate surface area is 245 Å². The van der Waals surface area contributed by atoms with E-state index in [9.17, 15) is 14.4 Å². The van der Waals surface area contributed by atoms with Crippen molar-refractivity contribution in [2.75, 3.05) is 16.3 Å². The lowest BCUT2D eigenvalue weighted by Crippen LogP contribution is -2.46. The Kier molecular flexibility index (Phi) is 8.38. The minimum atomic E-state index is -1.07.